The van der Waals surface area contributed by atoms with Crippen LogP contribution in [-0.2, 0) is 12.7 Å². The Morgan fingerprint density at radius 1 is 1.36 bits per heavy atom. The number of hydrogen-bond acceptors (Lipinski definition) is 4. The van der Waals surface area contributed by atoms with E-state index in [0.717, 1.165) is 5.56 Å². The molecule has 0 atom stereocenters. The number of hydrogen-bond donors (Lipinski definition) is 1. The molecule has 0 fully saturated rings. The highest BCUT2D eigenvalue weighted by molar-refractivity contribution is 5.74. The molecule has 0 saturated heterocycles. The SMILES string of the molecule is C#CCNC(=O)N(CC)Cc1ccc(-c2noc(C(F)(F)F)n2)cc1. The summed E-state index contributed by atoms with van der Waals surface area (Å²) in [6.45, 7) is 2.75. The second-order valence-corrected chi connectivity index (χ2v) is 4.99. The number of terminal acetylenes is 1. The van der Waals surface area contributed by atoms with E-state index in [2.05, 4.69) is 25.9 Å². The van der Waals surface area contributed by atoms with Gasteiger partial charge in [0.25, 0.3) is 0 Å². The number of halogens is 3. The van der Waals surface area contributed by atoms with Gasteiger partial charge in [0.05, 0.1) is 6.54 Å². The minimum absolute atomic E-state index is 0.133. The fourth-order valence-corrected chi connectivity index (χ4v) is 2.00. The molecule has 0 radical (unpaired) electrons. The molecule has 0 aliphatic carbocycles. The molecule has 0 aliphatic heterocycles. The fraction of sp³-hybridized carbons (Fsp3) is 0.312. The first kappa shape index (κ1) is 18.3. The molecule has 0 unspecified atom stereocenters. The van der Waals surface area contributed by atoms with Gasteiger partial charge < -0.3 is 14.7 Å². The number of aromatic nitrogens is 2. The van der Waals surface area contributed by atoms with Gasteiger partial charge >= 0.3 is 18.1 Å². The van der Waals surface area contributed by atoms with E-state index in [0.29, 0.717) is 18.7 Å². The molecule has 1 aromatic heterocycles. The molecule has 2 aromatic rings. The van der Waals surface area contributed by atoms with Crippen LogP contribution in [0.15, 0.2) is 28.8 Å². The minimum Gasteiger partial charge on any atom is -0.329 e. The Morgan fingerprint density at radius 3 is 2.56 bits per heavy atom. The highest BCUT2D eigenvalue weighted by Gasteiger charge is 2.38. The highest BCUT2D eigenvalue weighted by Crippen LogP contribution is 2.29. The number of rotatable bonds is 5. The molecule has 9 heteroatoms. The van der Waals surface area contributed by atoms with E-state index >= 15 is 0 Å². The molecule has 0 bridgehead atoms. The van der Waals surface area contributed by atoms with Crippen LogP contribution in [0.4, 0.5) is 18.0 Å². The van der Waals surface area contributed by atoms with Gasteiger partial charge in [0.2, 0.25) is 5.82 Å². The number of carbonyl (C=O) groups excluding carboxylic acids is 1. The van der Waals surface area contributed by atoms with Crippen LogP contribution in [0, 0.1) is 12.3 Å². The zero-order chi connectivity index (χ0) is 18.4. The van der Waals surface area contributed by atoms with E-state index in [9.17, 15) is 18.0 Å². The molecule has 1 heterocycles. The predicted molar refractivity (Wildman–Crippen MR) is 83.1 cm³/mol. The standard InChI is InChI=1S/C16H15F3N4O2/c1-3-9-20-15(24)23(4-2)10-11-5-7-12(8-6-11)13-21-14(25-22-13)16(17,18)19/h1,5-8H,4,9-10H2,2H3,(H,20,24). The van der Waals surface area contributed by atoms with Crippen molar-refractivity contribution in [3.63, 3.8) is 0 Å². The van der Waals surface area contributed by atoms with Crippen LogP contribution in [0.5, 0.6) is 0 Å². The number of urea groups is 1. The predicted octanol–water partition coefficient (Wildman–Crippen LogP) is 2.92. The summed E-state index contributed by atoms with van der Waals surface area (Å²) in [5.41, 5.74) is 1.17. The lowest BCUT2D eigenvalue weighted by Gasteiger charge is -2.21. The van der Waals surface area contributed by atoms with Crippen molar-refractivity contribution in [3.8, 4) is 23.7 Å². The summed E-state index contributed by atoms with van der Waals surface area (Å²) in [4.78, 5) is 16.8. The molecule has 2 rings (SSSR count). The Bertz CT molecular complexity index is 763. The number of nitrogens with one attached hydrogen (secondary N) is 1. The normalized spacial score (nSPS) is 11.0. The Balaban J connectivity index is 2.08. The van der Waals surface area contributed by atoms with Gasteiger partial charge in [0.15, 0.2) is 0 Å². The first-order valence-corrected chi connectivity index (χ1v) is 7.31. The number of alkyl halides is 3. The molecule has 6 nitrogen and oxygen atoms in total. The van der Waals surface area contributed by atoms with Gasteiger partial charge in [-0.25, -0.2) is 4.79 Å². The molecule has 132 valence electrons. The van der Waals surface area contributed by atoms with E-state index in [1.54, 1.807) is 29.2 Å². The first-order chi connectivity index (χ1) is 11.8. The van der Waals surface area contributed by atoms with Crippen molar-refractivity contribution >= 4 is 6.03 Å². The molecule has 0 spiro atoms. The lowest BCUT2D eigenvalue weighted by Crippen LogP contribution is -2.39. The monoisotopic (exact) mass is 352 g/mol. The van der Waals surface area contributed by atoms with Gasteiger partial charge in [-0.3, -0.25) is 0 Å². The van der Waals surface area contributed by atoms with Crippen LogP contribution in [-0.4, -0.2) is 34.2 Å². The minimum atomic E-state index is -4.68. The average Bonchev–Trinajstić information content (AvgIpc) is 3.08. The topological polar surface area (TPSA) is 71.3 Å². The molecule has 1 N–H and O–H groups in total. The first-order valence-electron chi connectivity index (χ1n) is 7.31. The van der Waals surface area contributed by atoms with E-state index < -0.39 is 12.1 Å². The van der Waals surface area contributed by atoms with Crippen molar-refractivity contribution in [1.82, 2.24) is 20.4 Å². The van der Waals surface area contributed by atoms with E-state index in [4.69, 9.17) is 6.42 Å². The molecule has 25 heavy (non-hydrogen) atoms. The number of carbonyl (C=O) groups is 1. The highest BCUT2D eigenvalue weighted by atomic mass is 19.4. The summed E-state index contributed by atoms with van der Waals surface area (Å²) in [5, 5.41) is 5.89. The Morgan fingerprint density at radius 2 is 2.04 bits per heavy atom. The van der Waals surface area contributed by atoms with Crippen molar-refractivity contribution in [2.45, 2.75) is 19.6 Å². The van der Waals surface area contributed by atoms with Crippen LogP contribution in [0.2, 0.25) is 0 Å². The summed E-state index contributed by atoms with van der Waals surface area (Å²) in [6.07, 6.45) is 0.416. The van der Waals surface area contributed by atoms with Gasteiger partial charge in [0, 0.05) is 18.7 Å². The maximum Gasteiger partial charge on any atom is 0.471 e. The maximum absolute atomic E-state index is 12.5. The fourth-order valence-electron chi connectivity index (χ4n) is 2.00. The van der Waals surface area contributed by atoms with Gasteiger partial charge in [-0.1, -0.05) is 35.3 Å². The molecular formula is C16H15F3N4O2. The van der Waals surface area contributed by atoms with E-state index in [1.165, 1.54) is 0 Å². The van der Waals surface area contributed by atoms with Gasteiger partial charge in [-0.05, 0) is 12.5 Å². The molecular weight excluding hydrogens is 337 g/mol. The van der Waals surface area contributed by atoms with Crippen LogP contribution < -0.4 is 5.32 Å². The zero-order valence-electron chi connectivity index (χ0n) is 13.3. The quantitative estimate of drug-likeness (QED) is 0.840. The molecule has 0 aliphatic rings. The van der Waals surface area contributed by atoms with Crippen LogP contribution in [0.3, 0.4) is 0 Å². The Hall–Kier alpha value is -3.02. The molecule has 2 amide bonds. The number of nitrogens with zero attached hydrogens (tertiary/aromatic N) is 3. The molecule has 0 saturated carbocycles. The van der Waals surface area contributed by atoms with E-state index in [-0.39, 0.29) is 18.4 Å². The van der Waals surface area contributed by atoms with Crippen molar-refractivity contribution in [1.29, 1.82) is 0 Å². The Kier molecular flexibility index (Phi) is 5.64. The van der Waals surface area contributed by atoms with Crippen LogP contribution >= 0.6 is 0 Å². The van der Waals surface area contributed by atoms with E-state index in [1.807, 2.05) is 6.92 Å². The van der Waals surface area contributed by atoms with Gasteiger partial charge in [-0.15, -0.1) is 6.42 Å². The second kappa shape index (κ2) is 7.70. The summed E-state index contributed by atoms with van der Waals surface area (Å²) in [7, 11) is 0. The lowest BCUT2D eigenvalue weighted by atomic mass is 10.1. The summed E-state index contributed by atoms with van der Waals surface area (Å²) in [6, 6.07) is 6.19. The number of benzene rings is 1. The van der Waals surface area contributed by atoms with Crippen molar-refractivity contribution < 1.29 is 22.5 Å². The lowest BCUT2D eigenvalue weighted by molar-refractivity contribution is -0.159. The third-order valence-electron chi connectivity index (χ3n) is 3.26. The third kappa shape index (κ3) is 4.73. The van der Waals surface area contributed by atoms with Crippen molar-refractivity contribution in [2.75, 3.05) is 13.1 Å². The average molecular weight is 352 g/mol. The Labute approximate surface area is 142 Å². The zero-order valence-corrected chi connectivity index (χ0v) is 13.3. The summed E-state index contributed by atoms with van der Waals surface area (Å²) >= 11 is 0. The molecule has 1 aromatic carbocycles. The van der Waals surface area contributed by atoms with Crippen LogP contribution in [0.25, 0.3) is 11.4 Å². The second-order valence-electron chi connectivity index (χ2n) is 4.99. The van der Waals surface area contributed by atoms with Gasteiger partial charge in [0.1, 0.15) is 0 Å². The maximum atomic E-state index is 12.5. The van der Waals surface area contributed by atoms with Crippen molar-refractivity contribution in [2.24, 2.45) is 0 Å². The summed E-state index contributed by atoms with van der Waals surface area (Å²) < 4.78 is 41.6. The number of amides is 2. The van der Waals surface area contributed by atoms with Gasteiger partial charge in [-0.2, -0.15) is 18.2 Å². The third-order valence-corrected chi connectivity index (χ3v) is 3.26. The largest absolute Gasteiger partial charge is 0.471 e. The smallest absolute Gasteiger partial charge is 0.329 e. The van der Waals surface area contributed by atoms with Crippen molar-refractivity contribution in [3.05, 3.63) is 35.7 Å². The van der Waals surface area contributed by atoms with Crippen LogP contribution in [0.1, 0.15) is 18.4 Å². The summed E-state index contributed by atoms with van der Waals surface area (Å²) in [5.74, 6) is 0.769.